The van der Waals surface area contributed by atoms with Gasteiger partial charge in [0.15, 0.2) is 15.9 Å². The smallest absolute Gasteiger partial charge is 0.197 e. The third-order valence-electron chi connectivity index (χ3n) is 5.22. The van der Waals surface area contributed by atoms with Crippen molar-refractivity contribution in [2.24, 2.45) is 0 Å². The van der Waals surface area contributed by atoms with Crippen LogP contribution in [0, 0.1) is 0 Å². The predicted molar refractivity (Wildman–Crippen MR) is 126 cm³/mol. The molecule has 0 fully saturated rings. The molecule has 144 valence electrons. The average Bonchev–Trinajstić information content (AvgIpc) is 2.77. The first-order valence-corrected chi connectivity index (χ1v) is 11.3. The topological polar surface area (TPSA) is 20.2 Å². The molecule has 4 aromatic rings. The Hall–Kier alpha value is -2.97. The summed E-state index contributed by atoms with van der Waals surface area (Å²) in [5, 5.41) is 13.4. The van der Waals surface area contributed by atoms with Gasteiger partial charge in [-0.15, -0.1) is 0 Å². The molecule has 4 aromatic carbocycles. The van der Waals surface area contributed by atoms with Gasteiger partial charge in [-0.3, -0.25) is 0 Å². The highest BCUT2D eigenvalue weighted by molar-refractivity contribution is 7.97. The van der Waals surface area contributed by atoms with Gasteiger partial charge < -0.3 is 5.11 Å². The van der Waals surface area contributed by atoms with Gasteiger partial charge in [0.1, 0.15) is 5.75 Å². The van der Waals surface area contributed by atoms with E-state index in [-0.39, 0.29) is 16.1 Å². The summed E-state index contributed by atoms with van der Waals surface area (Å²) in [6.45, 7) is 4.03. The van der Waals surface area contributed by atoms with Crippen LogP contribution in [-0.4, -0.2) is 10.9 Å². The maximum absolute atomic E-state index is 10.7. The SMILES string of the molecule is C=CC[S+](c1ccccc1O)C(Cc1ccccc1)c1cccc2ccccc12. The van der Waals surface area contributed by atoms with Crippen molar-refractivity contribution in [3.05, 3.63) is 121 Å². The van der Waals surface area contributed by atoms with Crippen molar-refractivity contribution < 1.29 is 5.11 Å². The summed E-state index contributed by atoms with van der Waals surface area (Å²) in [6.07, 6.45) is 2.90. The van der Waals surface area contributed by atoms with Gasteiger partial charge in [-0.1, -0.05) is 91.5 Å². The summed E-state index contributed by atoms with van der Waals surface area (Å²) in [5.74, 6) is 1.20. The van der Waals surface area contributed by atoms with Crippen LogP contribution in [0.5, 0.6) is 5.75 Å². The summed E-state index contributed by atoms with van der Waals surface area (Å²) in [4.78, 5) is 1.02. The molecule has 0 aliphatic rings. The molecule has 0 aromatic heterocycles. The van der Waals surface area contributed by atoms with E-state index in [1.54, 1.807) is 6.07 Å². The van der Waals surface area contributed by atoms with E-state index >= 15 is 0 Å². The van der Waals surface area contributed by atoms with Crippen molar-refractivity contribution in [2.75, 3.05) is 5.75 Å². The lowest BCUT2D eigenvalue weighted by molar-refractivity contribution is 0.462. The largest absolute Gasteiger partial charge is 0.503 e. The third-order valence-corrected chi connectivity index (χ3v) is 7.84. The molecule has 0 bridgehead atoms. The minimum absolute atomic E-state index is 0.213. The summed E-state index contributed by atoms with van der Waals surface area (Å²) in [6, 6.07) is 33.5. The fourth-order valence-corrected chi connectivity index (χ4v) is 6.36. The van der Waals surface area contributed by atoms with Gasteiger partial charge in [-0.2, -0.15) is 0 Å². The number of phenolic OH excluding ortho intramolecular Hbond substituents is 1. The van der Waals surface area contributed by atoms with Crippen molar-refractivity contribution in [3.8, 4) is 5.75 Å². The molecule has 0 aliphatic carbocycles. The standard InChI is InChI=1S/C27H24OS/c1-2-19-29(26-18-9-8-17-25(26)28)27(20-21-11-4-3-5-12-21)24-16-10-14-22-13-6-7-15-23(22)24/h2-18,27H,1,19-20H2/p+1. The van der Waals surface area contributed by atoms with Crippen LogP contribution >= 0.6 is 0 Å². The average molecular weight is 398 g/mol. The number of aromatic hydroxyl groups is 1. The molecule has 1 N–H and O–H groups in total. The molecular weight excluding hydrogens is 372 g/mol. The van der Waals surface area contributed by atoms with Crippen molar-refractivity contribution in [3.63, 3.8) is 0 Å². The minimum atomic E-state index is -0.213. The first-order valence-electron chi connectivity index (χ1n) is 9.88. The fraction of sp³-hybridized carbons (Fsp3) is 0.111. The monoisotopic (exact) mass is 397 g/mol. The number of para-hydroxylation sites is 1. The summed E-state index contributed by atoms with van der Waals surface area (Å²) < 4.78 is 0. The zero-order chi connectivity index (χ0) is 20.1. The maximum Gasteiger partial charge on any atom is 0.197 e. The normalized spacial score (nSPS) is 13.1. The van der Waals surface area contributed by atoms with Crippen molar-refractivity contribution in [1.82, 2.24) is 0 Å². The Morgan fingerprint density at radius 3 is 2.28 bits per heavy atom. The lowest BCUT2D eigenvalue weighted by Crippen LogP contribution is -2.20. The van der Waals surface area contributed by atoms with E-state index in [4.69, 9.17) is 0 Å². The van der Waals surface area contributed by atoms with E-state index in [0.717, 1.165) is 17.1 Å². The highest BCUT2D eigenvalue weighted by atomic mass is 32.2. The molecule has 2 atom stereocenters. The van der Waals surface area contributed by atoms with Gasteiger partial charge in [-0.05, 0) is 34.5 Å². The number of fused-ring (bicyclic) bond motifs is 1. The van der Waals surface area contributed by atoms with Gasteiger partial charge in [0, 0.05) is 22.9 Å². The van der Waals surface area contributed by atoms with Crippen LogP contribution in [0.1, 0.15) is 16.4 Å². The van der Waals surface area contributed by atoms with Crippen LogP contribution in [0.25, 0.3) is 10.8 Å². The molecular formula is C27H25OS+. The van der Waals surface area contributed by atoms with Crippen molar-refractivity contribution >= 4 is 21.7 Å². The summed E-state index contributed by atoms with van der Waals surface area (Å²) in [5.41, 5.74) is 2.64. The van der Waals surface area contributed by atoms with Gasteiger partial charge in [0.25, 0.3) is 0 Å². The van der Waals surface area contributed by atoms with Crippen LogP contribution in [0.15, 0.2) is 115 Å². The zero-order valence-corrected chi connectivity index (χ0v) is 17.2. The lowest BCUT2D eigenvalue weighted by atomic mass is 9.98. The lowest BCUT2D eigenvalue weighted by Gasteiger charge is -2.21. The first kappa shape index (κ1) is 19.4. The fourth-order valence-electron chi connectivity index (χ4n) is 3.89. The van der Waals surface area contributed by atoms with Crippen LogP contribution < -0.4 is 0 Å². The molecule has 0 heterocycles. The molecule has 29 heavy (non-hydrogen) atoms. The Balaban J connectivity index is 1.89. The van der Waals surface area contributed by atoms with E-state index in [1.807, 2.05) is 18.2 Å². The van der Waals surface area contributed by atoms with E-state index in [0.29, 0.717) is 5.75 Å². The Bertz CT molecular complexity index is 1100. The van der Waals surface area contributed by atoms with Gasteiger partial charge in [0.05, 0.1) is 0 Å². The molecule has 0 amide bonds. The Morgan fingerprint density at radius 2 is 1.48 bits per heavy atom. The van der Waals surface area contributed by atoms with E-state index in [2.05, 4.69) is 85.4 Å². The molecule has 0 saturated carbocycles. The van der Waals surface area contributed by atoms with E-state index in [1.165, 1.54) is 21.9 Å². The summed E-state index contributed by atoms with van der Waals surface area (Å²) in [7, 11) is -0.213. The van der Waals surface area contributed by atoms with Crippen LogP contribution in [0.4, 0.5) is 0 Å². The first-order chi connectivity index (χ1) is 14.3. The number of hydrogen-bond donors (Lipinski definition) is 1. The molecule has 4 rings (SSSR count). The maximum atomic E-state index is 10.7. The van der Waals surface area contributed by atoms with Gasteiger partial charge >= 0.3 is 0 Å². The zero-order valence-electron chi connectivity index (χ0n) is 16.4. The highest BCUT2D eigenvalue weighted by Crippen LogP contribution is 2.40. The van der Waals surface area contributed by atoms with Crippen molar-refractivity contribution in [1.29, 1.82) is 0 Å². The van der Waals surface area contributed by atoms with Crippen LogP contribution in [-0.2, 0) is 17.3 Å². The number of hydrogen-bond acceptors (Lipinski definition) is 1. The molecule has 2 unspecified atom stereocenters. The quantitative estimate of drug-likeness (QED) is 0.272. The number of phenols is 1. The second kappa shape index (κ2) is 9.02. The molecule has 0 saturated heterocycles. The van der Waals surface area contributed by atoms with Gasteiger partial charge in [0.2, 0.25) is 0 Å². The van der Waals surface area contributed by atoms with Crippen molar-refractivity contribution in [2.45, 2.75) is 16.6 Å². The number of rotatable bonds is 7. The highest BCUT2D eigenvalue weighted by Gasteiger charge is 2.36. The Labute approximate surface area is 175 Å². The number of benzene rings is 4. The van der Waals surface area contributed by atoms with E-state index < -0.39 is 0 Å². The Morgan fingerprint density at radius 1 is 0.793 bits per heavy atom. The van der Waals surface area contributed by atoms with Gasteiger partial charge in [-0.25, -0.2) is 0 Å². The predicted octanol–water partition coefficient (Wildman–Crippen LogP) is 6.69. The summed E-state index contributed by atoms with van der Waals surface area (Å²) >= 11 is 0. The molecule has 0 radical (unpaired) electrons. The third kappa shape index (κ3) is 4.23. The molecule has 0 aliphatic heterocycles. The second-order valence-electron chi connectivity index (χ2n) is 7.10. The molecule has 0 spiro atoms. The van der Waals surface area contributed by atoms with Crippen LogP contribution in [0.3, 0.4) is 0 Å². The molecule has 2 heteroatoms. The Kier molecular flexibility index (Phi) is 6.02. The second-order valence-corrected chi connectivity index (χ2v) is 9.30. The van der Waals surface area contributed by atoms with E-state index in [9.17, 15) is 5.11 Å². The van der Waals surface area contributed by atoms with Crippen LogP contribution in [0.2, 0.25) is 0 Å². The molecule has 1 nitrogen and oxygen atoms in total. The minimum Gasteiger partial charge on any atom is -0.503 e.